The number of carboxylic acids is 1. The number of aliphatic carboxylic acids is 1. The van der Waals surface area contributed by atoms with E-state index < -0.39 is 36.5 Å². The Labute approximate surface area is 208 Å². The summed E-state index contributed by atoms with van der Waals surface area (Å²) in [6.07, 6.45) is -1.43. The average Bonchev–Trinajstić information content (AvgIpc) is 3.16. The first kappa shape index (κ1) is 24.3. The molecule has 1 aliphatic carbocycles. The van der Waals surface area contributed by atoms with Crippen molar-refractivity contribution < 1.29 is 24.2 Å². The van der Waals surface area contributed by atoms with Crippen LogP contribution in [-0.2, 0) is 14.3 Å². The highest BCUT2D eigenvalue weighted by Gasteiger charge is 2.30. The Hall–Kier alpha value is -3.84. The van der Waals surface area contributed by atoms with E-state index in [0.717, 1.165) is 27.8 Å². The summed E-state index contributed by atoms with van der Waals surface area (Å²) >= 11 is 5.91. The van der Waals surface area contributed by atoms with Crippen molar-refractivity contribution in [3.05, 3.63) is 94.5 Å². The number of fused-ring (bicyclic) bond motifs is 3. The standard InChI is InChI=1S/C27H25ClN2O5/c1-16(17-10-12-18(28)13-11-17)29-26(33)24(14-25(31)32)30-27(34)35-15-23-21-8-4-2-6-19(21)20-7-3-5-9-22(20)23/h2-13,16,23-24H,14-15H2,1H3,(H,29,33)(H,30,34)(H,31,32)/t16-,24?/m0/s1. The molecule has 2 atom stereocenters. The van der Waals surface area contributed by atoms with E-state index in [1.165, 1.54) is 0 Å². The number of carbonyl (C=O) groups excluding carboxylic acids is 2. The molecule has 2 amide bonds. The number of alkyl carbamates (subject to hydrolysis) is 1. The Morgan fingerprint density at radius 3 is 2.06 bits per heavy atom. The molecule has 1 unspecified atom stereocenters. The van der Waals surface area contributed by atoms with Crippen molar-refractivity contribution in [1.82, 2.24) is 10.6 Å². The van der Waals surface area contributed by atoms with Crippen LogP contribution in [0.4, 0.5) is 4.79 Å². The molecule has 0 saturated carbocycles. The molecule has 3 N–H and O–H groups in total. The third kappa shape index (κ3) is 5.63. The Balaban J connectivity index is 1.40. The van der Waals surface area contributed by atoms with E-state index in [1.54, 1.807) is 31.2 Å². The molecular formula is C27H25ClN2O5. The highest BCUT2D eigenvalue weighted by molar-refractivity contribution is 6.30. The van der Waals surface area contributed by atoms with Crippen LogP contribution in [0.5, 0.6) is 0 Å². The van der Waals surface area contributed by atoms with Crippen molar-refractivity contribution >= 4 is 29.6 Å². The number of benzene rings is 3. The summed E-state index contributed by atoms with van der Waals surface area (Å²) < 4.78 is 5.47. The molecule has 3 aromatic carbocycles. The van der Waals surface area contributed by atoms with E-state index in [-0.39, 0.29) is 12.5 Å². The molecule has 8 heteroatoms. The second kappa shape index (κ2) is 10.6. The SMILES string of the molecule is C[C@H](NC(=O)C(CC(=O)O)NC(=O)OCC1c2ccccc2-c2ccccc21)c1ccc(Cl)cc1. The van der Waals surface area contributed by atoms with Gasteiger partial charge in [-0.25, -0.2) is 4.79 Å². The van der Waals surface area contributed by atoms with Gasteiger partial charge in [-0.3, -0.25) is 9.59 Å². The zero-order valence-corrected chi connectivity index (χ0v) is 19.8. The highest BCUT2D eigenvalue weighted by atomic mass is 35.5. The van der Waals surface area contributed by atoms with Gasteiger partial charge in [0.25, 0.3) is 0 Å². The van der Waals surface area contributed by atoms with E-state index in [4.69, 9.17) is 16.3 Å². The van der Waals surface area contributed by atoms with Crippen molar-refractivity contribution in [3.8, 4) is 11.1 Å². The lowest BCUT2D eigenvalue weighted by Gasteiger charge is -2.21. The van der Waals surface area contributed by atoms with Crippen LogP contribution in [0.2, 0.25) is 5.02 Å². The van der Waals surface area contributed by atoms with Crippen LogP contribution in [-0.4, -0.2) is 35.7 Å². The van der Waals surface area contributed by atoms with Gasteiger partial charge in [-0.05, 0) is 46.9 Å². The second-order valence-electron chi connectivity index (χ2n) is 8.40. The third-order valence-electron chi connectivity index (χ3n) is 6.06. The van der Waals surface area contributed by atoms with Crippen molar-refractivity contribution in [2.45, 2.75) is 31.3 Å². The fraction of sp³-hybridized carbons (Fsp3) is 0.222. The zero-order valence-electron chi connectivity index (χ0n) is 19.0. The maximum absolute atomic E-state index is 12.8. The molecule has 180 valence electrons. The number of carbonyl (C=O) groups is 3. The Kier molecular flexibility index (Phi) is 7.36. The van der Waals surface area contributed by atoms with Crippen LogP contribution in [0.25, 0.3) is 11.1 Å². The maximum Gasteiger partial charge on any atom is 0.407 e. The first-order chi connectivity index (χ1) is 16.8. The fourth-order valence-corrected chi connectivity index (χ4v) is 4.44. The summed E-state index contributed by atoms with van der Waals surface area (Å²) in [7, 11) is 0. The molecule has 0 aromatic heterocycles. The minimum atomic E-state index is -1.29. The lowest BCUT2D eigenvalue weighted by Crippen LogP contribution is -2.48. The van der Waals surface area contributed by atoms with Gasteiger partial charge in [-0.2, -0.15) is 0 Å². The lowest BCUT2D eigenvalue weighted by atomic mass is 9.98. The minimum absolute atomic E-state index is 0.0580. The van der Waals surface area contributed by atoms with Gasteiger partial charge >= 0.3 is 12.1 Å². The molecule has 1 aliphatic rings. The van der Waals surface area contributed by atoms with Crippen molar-refractivity contribution in [3.63, 3.8) is 0 Å². The Morgan fingerprint density at radius 1 is 0.914 bits per heavy atom. The van der Waals surface area contributed by atoms with E-state index in [0.29, 0.717) is 5.02 Å². The zero-order chi connectivity index (χ0) is 24.9. The van der Waals surface area contributed by atoms with Crippen LogP contribution >= 0.6 is 11.6 Å². The van der Waals surface area contributed by atoms with Crippen molar-refractivity contribution in [1.29, 1.82) is 0 Å². The highest BCUT2D eigenvalue weighted by Crippen LogP contribution is 2.44. The summed E-state index contributed by atoms with van der Waals surface area (Å²) in [5.41, 5.74) is 5.09. The lowest BCUT2D eigenvalue weighted by molar-refractivity contribution is -0.140. The smallest absolute Gasteiger partial charge is 0.407 e. The van der Waals surface area contributed by atoms with Crippen LogP contribution in [0.15, 0.2) is 72.8 Å². The number of halogens is 1. The van der Waals surface area contributed by atoms with Gasteiger partial charge in [0, 0.05) is 10.9 Å². The van der Waals surface area contributed by atoms with Gasteiger partial charge in [0.05, 0.1) is 12.5 Å². The summed E-state index contributed by atoms with van der Waals surface area (Å²) in [4.78, 5) is 36.7. The molecule has 0 aliphatic heterocycles. The Bertz CT molecular complexity index is 1200. The molecule has 3 aromatic rings. The number of ether oxygens (including phenoxy) is 1. The summed E-state index contributed by atoms with van der Waals surface area (Å²) in [5, 5.41) is 15.0. The third-order valence-corrected chi connectivity index (χ3v) is 6.31. The van der Waals surface area contributed by atoms with Crippen LogP contribution in [0.1, 0.15) is 42.0 Å². The largest absolute Gasteiger partial charge is 0.481 e. The maximum atomic E-state index is 12.8. The minimum Gasteiger partial charge on any atom is -0.481 e. The van der Waals surface area contributed by atoms with Gasteiger partial charge in [-0.15, -0.1) is 0 Å². The predicted molar refractivity (Wildman–Crippen MR) is 132 cm³/mol. The molecule has 0 heterocycles. The normalized spacial score (nSPS) is 13.8. The van der Waals surface area contributed by atoms with Gasteiger partial charge < -0.3 is 20.5 Å². The molecular weight excluding hydrogens is 468 g/mol. The van der Waals surface area contributed by atoms with Crippen LogP contribution < -0.4 is 10.6 Å². The van der Waals surface area contributed by atoms with E-state index >= 15 is 0 Å². The number of hydrogen-bond acceptors (Lipinski definition) is 4. The molecule has 0 spiro atoms. The molecule has 7 nitrogen and oxygen atoms in total. The van der Waals surface area contributed by atoms with Gasteiger partial charge in [-0.1, -0.05) is 72.3 Å². The Morgan fingerprint density at radius 2 is 1.49 bits per heavy atom. The second-order valence-corrected chi connectivity index (χ2v) is 8.84. The number of amides is 2. The van der Waals surface area contributed by atoms with Gasteiger partial charge in [0.15, 0.2) is 0 Å². The van der Waals surface area contributed by atoms with Gasteiger partial charge in [0.2, 0.25) is 5.91 Å². The topological polar surface area (TPSA) is 105 Å². The van der Waals surface area contributed by atoms with Crippen LogP contribution in [0.3, 0.4) is 0 Å². The molecule has 0 radical (unpaired) electrons. The quantitative estimate of drug-likeness (QED) is 0.415. The fourth-order valence-electron chi connectivity index (χ4n) is 4.32. The molecule has 4 rings (SSSR count). The van der Waals surface area contributed by atoms with Crippen LogP contribution in [0, 0.1) is 0 Å². The van der Waals surface area contributed by atoms with E-state index in [1.807, 2.05) is 48.5 Å². The molecule has 0 saturated heterocycles. The number of hydrogen-bond donors (Lipinski definition) is 3. The first-order valence-electron chi connectivity index (χ1n) is 11.2. The summed E-state index contributed by atoms with van der Waals surface area (Å²) in [6, 6.07) is 21.1. The number of rotatable bonds is 8. The molecule has 0 fully saturated rings. The van der Waals surface area contributed by atoms with Gasteiger partial charge in [0.1, 0.15) is 12.6 Å². The average molecular weight is 493 g/mol. The van der Waals surface area contributed by atoms with Crippen molar-refractivity contribution in [2.24, 2.45) is 0 Å². The predicted octanol–water partition coefficient (Wildman–Crippen LogP) is 4.90. The summed E-state index contributed by atoms with van der Waals surface area (Å²) in [6.45, 7) is 1.81. The monoisotopic (exact) mass is 492 g/mol. The molecule has 0 bridgehead atoms. The van der Waals surface area contributed by atoms with E-state index in [9.17, 15) is 19.5 Å². The van der Waals surface area contributed by atoms with E-state index in [2.05, 4.69) is 10.6 Å². The first-order valence-corrected chi connectivity index (χ1v) is 11.6. The number of carboxylic acid groups (broad SMARTS) is 1. The van der Waals surface area contributed by atoms with Crippen molar-refractivity contribution in [2.75, 3.05) is 6.61 Å². The summed E-state index contributed by atoms with van der Waals surface area (Å²) in [5.74, 6) is -1.99. The molecule has 35 heavy (non-hydrogen) atoms. The number of nitrogens with one attached hydrogen (secondary N) is 2.